The molecule has 3 aromatic carbocycles. The smallest absolute Gasteiger partial charge is 0.252 e. The van der Waals surface area contributed by atoms with E-state index in [-0.39, 0.29) is 12.2 Å². The Bertz CT molecular complexity index is 1580. The normalized spacial score (nSPS) is 11.7. The number of carbonyl (C=O) groups is 3. The highest BCUT2D eigenvalue weighted by molar-refractivity contribution is 6.09. The molecule has 0 radical (unpaired) electrons. The second-order valence-corrected chi connectivity index (χ2v) is 8.58. The van der Waals surface area contributed by atoms with Gasteiger partial charge in [-0.25, -0.2) is 4.98 Å². The number of H-pyrrole nitrogens is 1. The van der Waals surface area contributed by atoms with E-state index in [0.29, 0.717) is 33.5 Å². The third-order valence-corrected chi connectivity index (χ3v) is 6.04. The maximum Gasteiger partial charge on any atom is 0.252 e. The van der Waals surface area contributed by atoms with Crippen molar-refractivity contribution >= 4 is 28.6 Å². The summed E-state index contributed by atoms with van der Waals surface area (Å²) in [6, 6.07) is 23.8. The maximum absolute atomic E-state index is 13.0. The molecule has 8 heteroatoms. The third-order valence-electron chi connectivity index (χ3n) is 6.04. The highest BCUT2D eigenvalue weighted by Gasteiger charge is 2.20. The number of pyridine rings is 1. The maximum atomic E-state index is 13.0. The number of nitrogens with two attached hydrogens (primary N) is 1. The number of benzene rings is 3. The minimum absolute atomic E-state index is 0.0896. The van der Waals surface area contributed by atoms with E-state index in [0.717, 1.165) is 11.1 Å². The third kappa shape index (κ3) is 5.28. The molecule has 5 rings (SSSR count). The Kier molecular flexibility index (Phi) is 6.54. The number of aromatic amines is 1. The van der Waals surface area contributed by atoms with E-state index >= 15 is 0 Å². The molecule has 0 saturated heterocycles. The van der Waals surface area contributed by atoms with Crippen molar-refractivity contribution < 1.29 is 14.4 Å². The van der Waals surface area contributed by atoms with Gasteiger partial charge < -0.3 is 16.0 Å². The zero-order chi connectivity index (χ0) is 25.8. The minimum Gasteiger partial charge on any atom is -0.368 e. The number of hydrogen-bond acceptors (Lipinski definition) is 5. The number of ketones is 1. The van der Waals surface area contributed by atoms with Crippen LogP contribution in [0.25, 0.3) is 22.4 Å². The summed E-state index contributed by atoms with van der Waals surface area (Å²) in [5.74, 6) is -0.505. The van der Waals surface area contributed by atoms with Crippen LogP contribution in [-0.2, 0) is 11.2 Å². The number of imidazole rings is 1. The largest absolute Gasteiger partial charge is 0.368 e. The van der Waals surface area contributed by atoms with Crippen molar-refractivity contribution in [1.82, 2.24) is 20.3 Å². The van der Waals surface area contributed by atoms with Crippen molar-refractivity contribution in [2.45, 2.75) is 12.5 Å². The lowest BCUT2D eigenvalue weighted by Crippen LogP contribution is -2.45. The molecule has 4 N–H and O–H groups in total. The average molecular weight is 490 g/mol. The van der Waals surface area contributed by atoms with Crippen molar-refractivity contribution in [3.05, 3.63) is 120 Å². The molecule has 37 heavy (non-hydrogen) atoms. The lowest BCUT2D eigenvalue weighted by Gasteiger charge is -2.16. The number of fused-ring (bicyclic) bond motifs is 1. The Balaban J connectivity index is 1.29. The molecule has 1 atom stereocenters. The van der Waals surface area contributed by atoms with Gasteiger partial charge >= 0.3 is 0 Å². The molecule has 0 spiro atoms. The van der Waals surface area contributed by atoms with Crippen LogP contribution in [0.2, 0.25) is 0 Å². The van der Waals surface area contributed by atoms with Crippen molar-refractivity contribution in [3.8, 4) is 11.4 Å². The predicted octanol–water partition coefficient (Wildman–Crippen LogP) is 3.68. The Morgan fingerprint density at radius 3 is 2.22 bits per heavy atom. The van der Waals surface area contributed by atoms with Gasteiger partial charge in [0.25, 0.3) is 5.91 Å². The number of hydrogen-bond donors (Lipinski definition) is 3. The van der Waals surface area contributed by atoms with Gasteiger partial charge in [-0.2, -0.15) is 0 Å². The summed E-state index contributed by atoms with van der Waals surface area (Å²) in [6.45, 7) is 0. The van der Waals surface area contributed by atoms with Gasteiger partial charge in [-0.1, -0.05) is 54.6 Å². The van der Waals surface area contributed by atoms with Crippen LogP contribution < -0.4 is 11.1 Å². The van der Waals surface area contributed by atoms with Crippen LogP contribution in [0, 0.1) is 0 Å². The van der Waals surface area contributed by atoms with E-state index in [2.05, 4.69) is 20.3 Å². The van der Waals surface area contributed by atoms with Gasteiger partial charge in [0.15, 0.2) is 5.78 Å². The summed E-state index contributed by atoms with van der Waals surface area (Å²) in [5, 5.41) is 2.72. The van der Waals surface area contributed by atoms with Gasteiger partial charge in [0.05, 0.1) is 11.0 Å². The number of nitrogens with one attached hydrogen (secondary N) is 2. The van der Waals surface area contributed by atoms with E-state index in [1.807, 2.05) is 30.3 Å². The number of amides is 2. The lowest BCUT2D eigenvalue weighted by molar-refractivity contribution is -0.119. The first-order valence-corrected chi connectivity index (χ1v) is 11.7. The predicted molar refractivity (Wildman–Crippen MR) is 140 cm³/mol. The summed E-state index contributed by atoms with van der Waals surface area (Å²) in [7, 11) is 0. The number of aromatic nitrogens is 3. The monoisotopic (exact) mass is 489 g/mol. The van der Waals surface area contributed by atoms with Crippen LogP contribution in [0.3, 0.4) is 0 Å². The first-order valence-electron chi connectivity index (χ1n) is 11.7. The van der Waals surface area contributed by atoms with E-state index in [1.54, 1.807) is 67.0 Å². The molecule has 1 unspecified atom stereocenters. The molecule has 0 bridgehead atoms. The molecule has 2 amide bonds. The fourth-order valence-corrected chi connectivity index (χ4v) is 4.05. The molecular weight excluding hydrogens is 466 g/mol. The second kappa shape index (κ2) is 10.2. The average Bonchev–Trinajstić information content (AvgIpc) is 3.37. The molecule has 0 aliphatic heterocycles. The van der Waals surface area contributed by atoms with Gasteiger partial charge in [0.2, 0.25) is 5.91 Å². The molecule has 2 aromatic heterocycles. The van der Waals surface area contributed by atoms with E-state index in [9.17, 15) is 14.4 Å². The summed E-state index contributed by atoms with van der Waals surface area (Å²) in [5.41, 5.74) is 10.1. The molecular formula is C29H23N5O3. The van der Waals surface area contributed by atoms with Gasteiger partial charge in [-0.05, 0) is 35.9 Å². The molecule has 5 aromatic rings. The Labute approximate surface area is 212 Å². The molecule has 8 nitrogen and oxygen atoms in total. The summed E-state index contributed by atoms with van der Waals surface area (Å²) in [6.07, 6.45) is 3.56. The van der Waals surface area contributed by atoms with Crippen molar-refractivity contribution in [2.24, 2.45) is 5.73 Å². The van der Waals surface area contributed by atoms with Gasteiger partial charge in [0.1, 0.15) is 11.9 Å². The molecule has 0 saturated carbocycles. The van der Waals surface area contributed by atoms with Gasteiger partial charge in [-0.3, -0.25) is 19.4 Å². The zero-order valence-corrected chi connectivity index (χ0v) is 19.7. The molecule has 0 fully saturated rings. The van der Waals surface area contributed by atoms with Crippen LogP contribution in [0.1, 0.15) is 31.8 Å². The first-order chi connectivity index (χ1) is 18.0. The quantitative estimate of drug-likeness (QED) is 0.286. The number of primary amides is 1. The first kappa shape index (κ1) is 23.6. The highest BCUT2D eigenvalue weighted by atomic mass is 16.2. The fraction of sp³-hybridized carbons (Fsp3) is 0.0690. The minimum atomic E-state index is -0.923. The topological polar surface area (TPSA) is 131 Å². The van der Waals surface area contributed by atoms with E-state index < -0.39 is 17.9 Å². The van der Waals surface area contributed by atoms with Crippen LogP contribution in [0.5, 0.6) is 0 Å². The van der Waals surface area contributed by atoms with Gasteiger partial charge in [0, 0.05) is 41.1 Å². The van der Waals surface area contributed by atoms with Crippen molar-refractivity contribution in [2.75, 3.05) is 0 Å². The van der Waals surface area contributed by atoms with Crippen LogP contribution in [-0.4, -0.2) is 38.6 Å². The van der Waals surface area contributed by atoms with E-state index in [1.165, 1.54) is 0 Å². The SMILES string of the molecule is NC(=O)C(Cc1ccc(C(=O)c2ccccc2)cc1)NC(=O)c1ccc2nc(-c3ccncc3)[nH]c2c1. The lowest BCUT2D eigenvalue weighted by atomic mass is 9.99. The summed E-state index contributed by atoms with van der Waals surface area (Å²) >= 11 is 0. The summed E-state index contributed by atoms with van der Waals surface area (Å²) in [4.78, 5) is 49.5. The van der Waals surface area contributed by atoms with Gasteiger partial charge in [-0.15, -0.1) is 0 Å². The Hall–Kier alpha value is -5.11. The van der Waals surface area contributed by atoms with Crippen LogP contribution in [0.4, 0.5) is 0 Å². The van der Waals surface area contributed by atoms with Crippen LogP contribution in [0.15, 0.2) is 97.3 Å². The number of carbonyl (C=O) groups excluding carboxylic acids is 3. The standard InChI is InChI=1S/C29H23N5O3/c30-27(36)25(16-18-6-8-20(9-7-18)26(35)19-4-2-1-3-5-19)34-29(37)22-10-11-23-24(17-22)33-28(32-23)21-12-14-31-15-13-21/h1-15,17,25H,16H2,(H2,30,36)(H,32,33)(H,34,37). The number of nitrogens with zero attached hydrogens (tertiary/aromatic N) is 2. The summed E-state index contributed by atoms with van der Waals surface area (Å²) < 4.78 is 0. The molecule has 2 heterocycles. The van der Waals surface area contributed by atoms with Crippen molar-refractivity contribution in [1.29, 1.82) is 0 Å². The highest BCUT2D eigenvalue weighted by Crippen LogP contribution is 2.21. The second-order valence-electron chi connectivity index (χ2n) is 8.58. The van der Waals surface area contributed by atoms with Crippen molar-refractivity contribution in [3.63, 3.8) is 0 Å². The fourth-order valence-electron chi connectivity index (χ4n) is 4.05. The number of rotatable bonds is 8. The molecule has 0 aliphatic rings. The zero-order valence-electron chi connectivity index (χ0n) is 19.7. The van der Waals surface area contributed by atoms with E-state index in [4.69, 9.17) is 5.73 Å². The molecule has 0 aliphatic carbocycles. The molecule has 182 valence electrons. The van der Waals surface area contributed by atoms with Crippen LogP contribution >= 0.6 is 0 Å². The Morgan fingerprint density at radius 1 is 0.838 bits per heavy atom. The Morgan fingerprint density at radius 2 is 1.51 bits per heavy atom.